The van der Waals surface area contributed by atoms with Crippen LogP contribution < -0.4 is 20.1 Å². The number of nitrogens with zero attached hydrogens (tertiary/aromatic N) is 2. The molecule has 1 aliphatic heterocycles. The highest BCUT2D eigenvalue weighted by atomic mass is 16.5. The SMILES string of the molecule is CN=C(NCCc1ccco1)NCCN1CCc2cc(OC)c(OC)cc2C1. The van der Waals surface area contributed by atoms with E-state index in [9.17, 15) is 0 Å². The fourth-order valence-electron chi connectivity index (χ4n) is 3.44. The Morgan fingerprint density at radius 3 is 2.57 bits per heavy atom. The van der Waals surface area contributed by atoms with Crippen molar-refractivity contribution >= 4 is 5.96 Å². The lowest BCUT2D eigenvalue weighted by Crippen LogP contribution is -2.43. The Morgan fingerprint density at radius 2 is 1.89 bits per heavy atom. The minimum absolute atomic E-state index is 0.784. The number of hydrogen-bond donors (Lipinski definition) is 2. The van der Waals surface area contributed by atoms with Crippen molar-refractivity contribution < 1.29 is 13.9 Å². The van der Waals surface area contributed by atoms with Gasteiger partial charge in [-0.05, 0) is 41.8 Å². The van der Waals surface area contributed by atoms with E-state index in [1.165, 1.54) is 11.1 Å². The number of hydrogen-bond acceptors (Lipinski definition) is 5. The predicted octanol–water partition coefficient (Wildman–Crippen LogP) is 2.06. The van der Waals surface area contributed by atoms with E-state index in [-0.39, 0.29) is 0 Å². The maximum atomic E-state index is 5.44. The van der Waals surface area contributed by atoms with Crippen molar-refractivity contribution in [3.63, 3.8) is 0 Å². The summed E-state index contributed by atoms with van der Waals surface area (Å²) < 4.78 is 16.2. The van der Waals surface area contributed by atoms with Crippen LogP contribution in [-0.4, -0.2) is 58.3 Å². The molecule has 1 aromatic carbocycles. The van der Waals surface area contributed by atoms with Gasteiger partial charge in [0.2, 0.25) is 0 Å². The molecule has 0 saturated carbocycles. The summed E-state index contributed by atoms with van der Waals surface area (Å²) in [5.41, 5.74) is 2.65. The van der Waals surface area contributed by atoms with E-state index in [1.807, 2.05) is 12.1 Å². The summed E-state index contributed by atoms with van der Waals surface area (Å²) in [6, 6.07) is 8.10. The van der Waals surface area contributed by atoms with Gasteiger partial charge in [-0.15, -0.1) is 0 Å². The van der Waals surface area contributed by atoms with Crippen LogP contribution in [-0.2, 0) is 19.4 Å². The third-order valence-electron chi connectivity index (χ3n) is 4.99. The first-order valence-corrected chi connectivity index (χ1v) is 9.66. The molecule has 2 N–H and O–H groups in total. The van der Waals surface area contributed by atoms with Crippen LogP contribution in [0, 0.1) is 0 Å². The first-order chi connectivity index (χ1) is 13.7. The summed E-state index contributed by atoms with van der Waals surface area (Å²) in [5, 5.41) is 6.70. The lowest BCUT2D eigenvalue weighted by Gasteiger charge is -2.29. The minimum atomic E-state index is 0.784. The van der Waals surface area contributed by atoms with Crippen LogP contribution in [0.4, 0.5) is 0 Å². The van der Waals surface area contributed by atoms with Gasteiger partial charge in [-0.25, -0.2) is 0 Å². The second-order valence-electron chi connectivity index (χ2n) is 6.76. The van der Waals surface area contributed by atoms with Crippen LogP contribution in [0.25, 0.3) is 0 Å². The number of benzene rings is 1. The van der Waals surface area contributed by atoms with Gasteiger partial charge >= 0.3 is 0 Å². The fourth-order valence-corrected chi connectivity index (χ4v) is 3.44. The summed E-state index contributed by atoms with van der Waals surface area (Å²) >= 11 is 0. The van der Waals surface area contributed by atoms with E-state index in [0.29, 0.717) is 0 Å². The molecule has 0 radical (unpaired) electrons. The molecule has 152 valence electrons. The van der Waals surface area contributed by atoms with Gasteiger partial charge < -0.3 is 24.5 Å². The van der Waals surface area contributed by atoms with Gasteiger partial charge in [0.25, 0.3) is 0 Å². The van der Waals surface area contributed by atoms with Crippen molar-refractivity contribution in [3.05, 3.63) is 47.4 Å². The smallest absolute Gasteiger partial charge is 0.191 e. The molecule has 0 fully saturated rings. The Bertz CT molecular complexity index is 774. The Labute approximate surface area is 166 Å². The Morgan fingerprint density at radius 1 is 1.14 bits per heavy atom. The molecule has 7 heteroatoms. The molecule has 28 heavy (non-hydrogen) atoms. The van der Waals surface area contributed by atoms with Crippen molar-refractivity contribution in [3.8, 4) is 11.5 Å². The monoisotopic (exact) mass is 386 g/mol. The van der Waals surface area contributed by atoms with Crippen LogP contribution in [0.15, 0.2) is 39.9 Å². The molecule has 1 aromatic heterocycles. The highest BCUT2D eigenvalue weighted by Crippen LogP contribution is 2.33. The van der Waals surface area contributed by atoms with Gasteiger partial charge in [-0.1, -0.05) is 0 Å². The first-order valence-electron chi connectivity index (χ1n) is 9.66. The van der Waals surface area contributed by atoms with E-state index in [0.717, 1.165) is 68.8 Å². The van der Waals surface area contributed by atoms with Gasteiger partial charge in [0.15, 0.2) is 17.5 Å². The normalized spacial score (nSPS) is 14.5. The quantitative estimate of drug-likeness (QED) is 0.535. The summed E-state index contributed by atoms with van der Waals surface area (Å²) in [5.74, 6) is 3.39. The van der Waals surface area contributed by atoms with Crippen molar-refractivity contribution in [2.75, 3.05) is 47.4 Å². The van der Waals surface area contributed by atoms with Crippen LogP contribution in [0.3, 0.4) is 0 Å². The first kappa shape index (κ1) is 20.1. The number of fused-ring (bicyclic) bond motifs is 1. The predicted molar refractivity (Wildman–Crippen MR) is 110 cm³/mol. The Kier molecular flexibility index (Phi) is 7.19. The molecular formula is C21H30N4O3. The Balaban J connectivity index is 1.44. The van der Waals surface area contributed by atoms with Crippen LogP contribution >= 0.6 is 0 Å². The molecule has 0 aliphatic carbocycles. The van der Waals surface area contributed by atoms with Gasteiger partial charge in [0.05, 0.1) is 20.5 Å². The van der Waals surface area contributed by atoms with Crippen LogP contribution in [0.1, 0.15) is 16.9 Å². The van der Waals surface area contributed by atoms with Gasteiger partial charge in [0.1, 0.15) is 5.76 Å². The van der Waals surface area contributed by atoms with Gasteiger partial charge in [-0.3, -0.25) is 9.89 Å². The number of guanidine groups is 1. The van der Waals surface area contributed by atoms with E-state index in [4.69, 9.17) is 13.9 Å². The Hall–Kier alpha value is -2.67. The van der Waals surface area contributed by atoms with E-state index in [1.54, 1.807) is 27.5 Å². The number of rotatable bonds is 8. The third-order valence-corrected chi connectivity index (χ3v) is 4.99. The number of nitrogens with one attached hydrogen (secondary N) is 2. The lowest BCUT2D eigenvalue weighted by molar-refractivity contribution is 0.256. The molecule has 0 saturated heterocycles. The largest absolute Gasteiger partial charge is 0.493 e. The van der Waals surface area contributed by atoms with Crippen molar-refractivity contribution in [2.24, 2.45) is 4.99 Å². The van der Waals surface area contributed by atoms with Crippen molar-refractivity contribution in [1.29, 1.82) is 0 Å². The van der Waals surface area contributed by atoms with Crippen LogP contribution in [0.5, 0.6) is 11.5 Å². The zero-order valence-electron chi connectivity index (χ0n) is 17.0. The average molecular weight is 386 g/mol. The second-order valence-corrected chi connectivity index (χ2v) is 6.76. The molecule has 0 bridgehead atoms. The summed E-state index contributed by atoms with van der Waals surface area (Å²) in [6.45, 7) is 4.53. The number of aliphatic imine (C=N–C) groups is 1. The summed E-state index contributed by atoms with van der Waals surface area (Å²) in [7, 11) is 5.15. The van der Waals surface area contributed by atoms with Gasteiger partial charge in [-0.2, -0.15) is 0 Å². The van der Waals surface area contributed by atoms with Crippen molar-refractivity contribution in [2.45, 2.75) is 19.4 Å². The highest BCUT2D eigenvalue weighted by molar-refractivity contribution is 5.79. The van der Waals surface area contributed by atoms with Crippen LogP contribution in [0.2, 0.25) is 0 Å². The molecule has 0 unspecified atom stereocenters. The number of furan rings is 1. The molecule has 2 heterocycles. The highest BCUT2D eigenvalue weighted by Gasteiger charge is 2.19. The molecule has 0 atom stereocenters. The molecule has 0 amide bonds. The zero-order chi connectivity index (χ0) is 19.8. The van der Waals surface area contributed by atoms with E-state index >= 15 is 0 Å². The third kappa shape index (κ3) is 5.19. The zero-order valence-corrected chi connectivity index (χ0v) is 17.0. The lowest BCUT2D eigenvalue weighted by atomic mass is 9.99. The molecule has 0 spiro atoms. The maximum absolute atomic E-state index is 5.44. The average Bonchev–Trinajstić information content (AvgIpc) is 3.25. The minimum Gasteiger partial charge on any atom is -0.493 e. The molecule has 2 aromatic rings. The molecular weight excluding hydrogens is 356 g/mol. The number of ether oxygens (including phenoxy) is 2. The molecule has 7 nitrogen and oxygen atoms in total. The van der Waals surface area contributed by atoms with E-state index < -0.39 is 0 Å². The second kappa shape index (κ2) is 10.0. The number of methoxy groups -OCH3 is 2. The van der Waals surface area contributed by atoms with Crippen molar-refractivity contribution in [1.82, 2.24) is 15.5 Å². The van der Waals surface area contributed by atoms with E-state index in [2.05, 4.69) is 32.7 Å². The molecule has 1 aliphatic rings. The maximum Gasteiger partial charge on any atom is 0.191 e. The summed E-state index contributed by atoms with van der Waals surface area (Å²) in [4.78, 5) is 6.72. The molecule has 3 rings (SSSR count). The van der Waals surface area contributed by atoms with Gasteiger partial charge in [0, 0.05) is 46.2 Å². The standard InChI is InChI=1S/C21H30N4O3/c1-22-21(23-8-6-18-5-4-12-28-18)24-9-11-25-10-7-16-13-19(26-2)20(27-3)14-17(16)15-25/h4-5,12-14H,6-11,15H2,1-3H3,(H2,22,23,24). The topological polar surface area (TPSA) is 71.3 Å². The fraction of sp³-hybridized carbons (Fsp3) is 0.476. The summed E-state index contributed by atoms with van der Waals surface area (Å²) in [6.07, 6.45) is 3.55.